The summed E-state index contributed by atoms with van der Waals surface area (Å²) in [5.74, 6) is -8.91. The van der Waals surface area contributed by atoms with Gasteiger partial charge in [-0.05, 0) is 26.2 Å². The van der Waals surface area contributed by atoms with E-state index in [9.17, 15) is 105 Å². The van der Waals surface area contributed by atoms with Crippen LogP contribution in [0.15, 0.2) is 60.8 Å². The topological polar surface area (TPSA) is 468 Å². The lowest BCUT2D eigenvalue weighted by Crippen LogP contribution is -2.44. The average molecular weight is 1560 g/mol. The summed E-state index contributed by atoms with van der Waals surface area (Å²) in [5, 5.41) is 11.6. The number of carbonyl (C=O) groups is 22. The number of likely N-dealkylation sites (N-methyl/N-ethyl adjacent to an activating group) is 4. The Morgan fingerprint density at radius 1 is 0.368 bits per heavy atom. The van der Waals surface area contributed by atoms with Gasteiger partial charge in [0.25, 0.3) is 70.9 Å². The van der Waals surface area contributed by atoms with Crippen molar-refractivity contribution in [2.24, 2.45) is 0 Å². The van der Waals surface area contributed by atoms with Gasteiger partial charge in [-0.2, -0.15) is 25.3 Å². The number of hydroxylamine groups is 4. The van der Waals surface area contributed by atoms with Gasteiger partial charge >= 0.3 is 11.9 Å². The van der Waals surface area contributed by atoms with E-state index in [0.29, 0.717) is 71.7 Å². The van der Waals surface area contributed by atoms with Crippen molar-refractivity contribution in [2.45, 2.75) is 141 Å². The minimum Gasteiger partial charge on any atom is -0.328 e. The predicted molar refractivity (Wildman–Crippen MR) is 382 cm³/mol. The molecular formula is C66H86N12O24S4. The fraction of sp³-hybridized carbons (Fsp3) is 0.515. The first kappa shape index (κ1) is 90.9. The maximum atomic E-state index is 12.5. The van der Waals surface area contributed by atoms with Crippen LogP contribution in [0.25, 0.3) is 0 Å². The molecule has 0 spiro atoms. The third-order valence-electron chi connectivity index (χ3n) is 15.4. The zero-order chi connectivity index (χ0) is 79.7. The standard InChI is InChI=1S/C17H23N3O7S.C16H21N3O5S.C10H6N2O6.C9H6N2O4.2C7H15NOS/c1-3-11(21)10(18-4-2)9-28-12-7-15(24)19(17(12)26)8-16(25)27-20-13(22)5-6-14(20)23;1-3-11(20)10(17-4-2)8-25-12-7-15(23)19(16(12)24)9-18-13(21)5-6-14(18)22;13-6-1-2-7(14)11(6)5-10(17)18-12-8(15)3-4-9(12)16;12-6-1-2-7(13)10(6)5-11-8(14)3-4-9(11)15;2*1-3-7(9)6(5-10)8-4-2/h10,12,18H,3-9H2,1-2H3;5-6,10,12,17H,3-4,7-9H2,1-2H3;1-4H,5H2;1-4H,5H2;2*6,8,10H,3-5H2,1-2H3. The highest BCUT2D eigenvalue weighted by molar-refractivity contribution is 8.01. The summed E-state index contributed by atoms with van der Waals surface area (Å²) in [6.45, 7) is 15.9. The molecule has 8 aliphatic heterocycles. The number of carbonyl (C=O) groups excluding carboxylic acids is 22. The van der Waals surface area contributed by atoms with Gasteiger partial charge in [0.05, 0.1) is 34.7 Å². The Hall–Kier alpha value is -9.32. The number of thioether (sulfide) groups is 2. The number of nitrogens with one attached hydrogen (secondary N) is 4. The van der Waals surface area contributed by atoms with Gasteiger partial charge in [-0.25, -0.2) is 9.59 Å². The van der Waals surface area contributed by atoms with E-state index in [4.69, 9.17) is 4.84 Å². The molecule has 8 rings (SSSR count). The van der Waals surface area contributed by atoms with Gasteiger partial charge in [-0.1, -0.05) is 60.5 Å². The summed E-state index contributed by atoms with van der Waals surface area (Å²) in [6.07, 6.45) is 12.3. The Kier molecular flexibility index (Phi) is 39.4. The molecule has 106 heavy (non-hydrogen) atoms. The maximum absolute atomic E-state index is 12.5. The zero-order valence-corrected chi connectivity index (χ0v) is 62.9. The molecule has 8 heterocycles. The van der Waals surface area contributed by atoms with Crippen LogP contribution in [-0.2, 0) is 115 Å². The van der Waals surface area contributed by atoms with E-state index in [1.807, 2.05) is 41.5 Å². The molecular weight excluding hydrogens is 1470 g/mol. The summed E-state index contributed by atoms with van der Waals surface area (Å²) in [5.41, 5.74) is 0. The molecule has 6 atom stereocenters. The molecule has 6 unspecified atom stereocenters. The highest BCUT2D eigenvalue weighted by atomic mass is 32.2. The van der Waals surface area contributed by atoms with E-state index in [1.165, 1.54) is 23.5 Å². The van der Waals surface area contributed by atoms with Gasteiger partial charge < -0.3 is 30.9 Å². The molecule has 4 N–H and O–H groups in total. The number of imide groups is 8. The lowest BCUT2D eigenvalue weighted by Gasteiger charge is -2.21. The monoisotopic (exact) mass is 1560 g/mol. The van der Waals surface area contributed by atoms with Crippen LogP contribution < -0.4 is 21.3 Å². The Bertz CT molecular complexity index is 3380. The molecule has 0 aromatic carbocycles. The fourth-order valence-electron chi connectivity index (χ4n) is 9.60. The number of nitrogens with zero attached hydrogens (tertiary/aromatic N) is 8. The van der Waals surface area contributed by atoms with Crippen LogP contribution >= 0.6 is 48.8 Å². The van der Waals surface area contributed by atoms with Gasteiger partial charge in [0, 0.05) is 135 Å². The van der Waals surface area contributed by atoms with Gasteiger partial charge in [0.1, 0.15) is 49.6 Å². The molecule has 0 aromatic rings. The summed E-state index contributed by atoms with van der Waals surface area (Å²) in [6, 6.07) is -0.853. The number of rotatable bonds is 34. The first-order chi connectivity index (χ1) is 50.3. The number of amides is 16. The van der Waals surface area contributed by atoms with E-state index in [2.05, 4.69) is 51.4 Å². The van der Waals surface area contributed by atoms with Crippen molar-refractivity contribution in [1.29, 1.82) is 0 Å². The Labute approximate surface area is 629 Å². The third-order valence-corrected chi connectivity index (χ3v) is 18.7. The van der Waals surface area contributed by atoms with E-state index in [-0.39, 0.29) is 85.3 Å². The number of Topliss-reactive ketones (excluding diaryl/α,β-unsaturated/α-hetero) is 4. The lowest BCUT2D eigenvalue weighted by atomic mass is 10.2. The van der Waals surface area contributed by atoms with Crippen molar-refractivity contribution in [3.8, 4) is 0 Å². The molecule has 0 bridgehead atoms. The van der Waals surface area contributed by atoms with E-state index < -0.39 is 136 Å². The van der Waals surface area contributed by atoms with Crippen molar-refractivity contribution in [1.82, 2.24) is 60.8 Å². The minimum absolute atomic E-state index is 0.00626. The number of hydrogen-bond acceptors (Lipinski definition) is 32. The van der Waals surface area contributed by atoms with Crippen LogP contribution in [0.2, 0.25) is 0 Å². The van der Waals surface area contributed by atoms with Crippen LogP contribution in [0, 0.1) is 0 Å². The second-order valence-corrected chi connectivity index (χ2v) is 25.8. The molecule has 3 saturated heterocycles. The molecule has 3 fully saturated rings. The molecule has 578 valence electrons. The van der Waals surface area contributed by atoms with Crippen LogP contribution in [0.3, 0.4) is 0 Å². The summed E-state index contributed by atoms with van der Waals surface area (Å²) in [7, 11) is 0. The van der Waals surface area contributed by atoms with E-state index in [0.717, 1.165) is 98.3 Å². The minimum atomic E-state index is -1.06. The van der Waals surface area contributed by atoms with Crippen molar-refractivity contribution < 1.29 is 115 Å². The summed E-state index contributed by atoms with van der Waals surface area (Å²) < 4.78 is 0. The van der Waals surface area contributed by atoms with Gasteiger partial charge in [0.2, 0.25) is 23.6 Å². The smallest absolute Gasteiger partial charge is 0.328 e. The second kappa shape index (κ2) is 45.9. The summed E-state index contributed by atoms with van der Waals surface area (Å²) >= 11 is 10.6. The zero-order valence-electron chi connectivity index (χ0n) is 59.5. The van der Waals surface area contributed by atoms with Crippen molar-refractivity contribution in [3.63, 3.8) is 0 Å². The summed E-state index contributed by atoms with van der Waals surface area (Å²) in [4.78, 5) is 267. The van der Waals surface area contributed by atoms with Gasteiger partial charge in [-0.15, -0.1) is 28.6 Å². The molecule has 0 aliphatic carbocycles. The number of thiol groups is 2. The fourth-order valence-corrected chi connectivity index (χ4v) is 12.8. The van der Waals surface area contributed by atoms with Crippen LogP contribution in [-0.4, -0.2) is 279 Å². The third kappa shape index (κ3) is 27.2. The van der Waals surface area contributed by atoms with E-state index in [1.54, 1.807) is 13.8 Å². The molecule has 40 heteroatoms. The van der Waals surface area contributed by atoms with Gasteiger partial charge in [0.15, 0.2) is 0 Å². The molecule has 0 radical (unpaired) electrons. The Balaban J connectivity index is 0.000000343. The number of likely N-dealkylation sites (tertiary alicyclic amines) is 2. The first-order valence-electron chi connectivity index (χ1n) is 33.4. The van der Waals surface area contributed by atoms with Gasteiger partial charge in [-0.3, -0.25) is 125 Å². The molecule has 0 saturated carbocycles. The second-order valence-electron chi connectivity index (χ2n) is 22.6. The highest BCUT2D eigenvalue weighted by Crippen LogP contribution is 2.28. The van der Waals surface area contributed by atoms with Crippen molar-refractivity contribution >= 4 is 178 Å². The Morgan fingerprint density at radius 3 is 0.953 bits per heavy atom. The van der Waals surface area contributed by atoms with E-state index >= 15 is 0 Å². The van der Waals surface area contributed by atoms with Crippen LogP contribution in [0.4, 0.5) is 0 Å². The van der Waals surface area contributed by atoms with Crippen molar-refractivity contribution in [3.05, 3.63) is 60.8 Å². The Morgan fingerprint density at radius 2 is 0.632 bits per heavy atom. The molecule has 8 aliphatic rings. The van der Waals surface area contributed by atoms with Crippen molar-refractivity contribution in [2.75, 3.05) is 75.6 Å². The van der Waals surface area contributed by atoms with Crippen LogP contribution in [0.1, 0.15) is 107 Å². The molecule has 16 amide bonds. The normalized spacial score (nSPS) is 19.0. The average Bonchev–Trinajstić information content (AvgIpc) is 1.68. The van der Waals surface area contributed by atoms with Crippen LogP contribution in [0.5, 0.6) is 0 Å². The maximum Gasteiger partial charge on any atom is 0.352 e. The predicted octanol–water partition coefficient (Wildman–Crippen LogP) is -2.07. The number of ketones is 4. The molecule has 0 aromatic heterocycles. The lowest BCUT2D eigenvalue weighted by molar-refractivity contribution is -0.198. The molecule has 36 nitrogen and oxygen atoms in total. The highest BCUT2D eigenvalue weighted by Gasteiger charge is 2.44. The largest absolute Gasteiger partial charge is 0.352 e. The number of hydrogen-bond donors (Lipinski definition) is 6. The quantitative estimate of drug-likeness (QED) is 0.0298. The first-order valence-corrected chi connectivity index (χ1v) is 36.8. The SMILES string of the molecule is CCNC(CS)C(=O)CC.CCNC(CS)C(=O)CC.CCNC(CSC1CC(=O)N(CC(=O)ON2C(=O)CCC2=O)C1=O)C(=O)CC.CCNC(CSC1CC(=O)N(CN2C(=O)C=CC2=O)C1=O)C(=O)CC.O=C(CN1C(=O)C=CC1=O)ON1C(=O)C=CC1=O.O=C1C=CC(=O)N1CN1C(=O)C=CC1=O.